The number of rotatable bonds is 1. The highest BCUT2D eigenvalue weighted by molar-refractivity contribution is 5.93. The minimum Gasteiger partial charge on any atom is -0.475 e. The van der Waals surface area contributed by atoms with Gasteiger partial charge in [-0.2, -0.15) is 10.2 Å². The molecule has 2 atom stereocenters. The van der Waals surface area contributed by atoms with Crippen LogP contribution in [-0.4, -0.2) is 79.2 Å². The van der Waals surface area contributed by atoms with Crippen LogP contribution in [-0.2, 0) is 13.6 Å². The molecular formula is C25H30N8O2. The molecule has 2 unspecified atom stereocenters. The normalized spacial score (nSPS) is 21.0. The molecule has 5 heterocycles. The lowest BCUT2D eigenvalue weighted by Crippen LogP contribution is -2.26. The van der Waals surface area contributed by atoms with Crippen LogP contribution in [0.5, 0.6) is 5.88 Å². The quantitative estimate of drug-likeness (QED) is 0.387. The van der Waals surface area contributed by atoms with E-state index in [2.05, 4.69) is 44.7 Å². The number of aliphatic hydroxyl groups excluding tert-OH is 1. The van der Waals surface area contributed by atoms with Gasteiger partial charge in [-0.05, 0) is 43.8 Å². The van der Waals surface area contributed by atoms with Crippen LogP contribution < -0.4 is 10.1 Å². The van der Waals surface area contributed by atoms with Gasteiger partial charge in [-0.1, -0.05) is 6.07 Å². The van der Waals surface area contributed by atoms with Gasteiger partial charge in [0.1, 0.15) is 6.61 Å². The van der Waals surface area contributed by atoms with Gasteiger partial charge in [-0.25, -0.2) is 0 Å². The van der Waals surface area contributed by atoms with Gasteiger partial charge in [-0.15, -0.1) is 5.10 Å². The Kier molecular flexibility index (Phi) is 5.43. The Balaban J connectivity index is 1.47. The van der Waals surface area contributed by atoms with Crippen molar-refractivity contribution in [2.75, 3.05) is 33.3 Å². The zero-order valence-corrected chi connectivity index (χ0v) is 20.2. The summed E-state index contributed by atoms with van der Waals surface area (Å²) in [4.78, 5) is 2.23. The monoisotopic (exact) mass is 474 g/mol. The Hall–Kier alpha value is -3.47. The maximum Gasteiger partial charge on any atom is 0.240 e. The fourth-order valence-corrected chi connectivity index (χ4v) is 5.04. The van der Waals surface area contributed by atoms with E-state index in [1.165, 1.54) is 0 Å². The molecule has 0 spiro atoms. The molecule has 2 aliphatic rings. The second-order valence-electron chi connectivity index (χ2n) is 9.46. The number of benzene rings is 1. The highest BCUT2D eigenvalue weighted by Gasteiger charge is 2.30. The molecule has 1 fully saturated rings. The Morgan fingerprint density at radius 1 is 1.17 bits per heavy atom. The topological polar surface area (TPSA) is 109 Å². The molecule has 35 heavy (non-hydrogen) atoms. The molecule has 0 aliphatic carbocycles. The second-order valence-corrected chi connectivity index (χ2v) is 9.46. The van der Waals surface area contributed by atoms with Gasteiger partial charge in [0.05, 0.1) is 40.8 Å². The maximum atomic E-state index is 10.5. The summed E-state index contributed by atoms with van der Waals surface area (Å²) in [7, 11) is 4.07. The Bertz CT molecular complexity index is 1410. The molecule has 3 aromatic heterocycles. The number of β-amino-alcohol motifs (C(OH)–C–C–N with tert-alkyl or cyclic N) is 1. The molecule has 10 heteroatoms. The summed E-state index contributed by atoms with van der Waals surface area (Å²) in [6.07, 6.45) is 5.51. The smallest absolute Gasteiger partial charge is 0.240 e. The molecule has 4 aromatic rings. The van der Waals surface area contributed by atoms with Crippen molar-refractivity contribution in [3.05, 3.63) is 47.0 Å². The summed E-state index contributed by atoms with van der Waals surface area (Å²) in [6.45, 7) is 5.23. The molecule has 2 bridgehead atoms. The van der Waals surface area contributed by atoms with Crippen LogP contribution in [0.4, 0.5) is 0 Å². The molecule has 2 aliphatic heterocycles. The van der Waals surface area contributed by atoms with Crippen LogP contribution >= 0.6 is 0 Å². The molecule has 6 rings (SSSR count). The Labute approximate surface area is 203 Å². The number of hydrogen-bond acceptors (Lipinski definition) is 7. The largest absolute Gasteiger partial charge is 0.475 e. The first-order chi connectivity index (χ1) is 17.0. The standard InChI is InChI=1S/C25H30N8O2/c1-15-17-5-7-21-18-10-16(4-6-20(18)28-29-21)19-11-27-32(3)23(19)14-31(2)8-9-35-25(17)30-33(15)22-12-26-13-24(22)34/h4-7,10-11,22,24,26,34H,8-9,12-14H2,1-3H3,(H,28,29). The van der Waals surface area contributed by atoms with Gasteiger partial charge in [0.15, 0.2) is 0 Å². The highest BCUT2D eigenvalue weighted by atomic mass is 16.5. The first-order valence-electron chi connectivity index (χ1n) is 12.0. The van der Waals surface area contributed by atoms with E-state index >= 15 is 0 Å². The molecule has 0 saturated carbocycles. The average Bonchev–Trinajstić information content (AvgIpc) is 3.60. The van der Waals surface area contributed by atoms with E-state index in [9.17, 15) is 5.11 Å². The maximum absolute atomic E-state index is 10.5. The third-order valence-corrected chi connectivity index (χ3v) is 7.13. The van der Waals surface area contributed by atoms with E-state index in [4.69, 9.17) is 9.84 Å². The SMILES string of the molecule is Cc1c2c(nn1C1CNCC1O)OCCN(C)Cc1c(cnn1C)-c1ccc3n[nH]c(c3c1)C=C2. The number of H-pyrrole nitrogens is 1. The molecule has 1 saturated heterocycles. The van der Waals surface area contributed by atoms with E-state index < -0.39 is 6.10 Å². The minimum absolute atomic E-state index is 0.119. The fraction of sp³-hybridized carbons (Fsp3) is 0.400. The van der Waals surface area contributed by atoms with Crippen molar-refractivity contribution in [2.45, 2.75) is 25.6 Å². The fourth-order valence-electron chi connectivity index (χ4n) is 5.04. The Morgan fingerprint density at radius 2 is 2.06 bits per heavy atom. The lowest BCUT2D eigenvalue weighted by atomic mass is 10.0. The number of fused-ring (bicyclic) bond motifs is 4. The van der Waals surface area contributed by atoms with Crippen LogP contribution in [0.1, 0.15) is 28.7 Å². The molecule has 0 amide bonds. The number of aryl methyl sites for hydroxylation is 1. The van der Waals surface area contributed by atoms with E-state index in [0.717, 1.165) is 57.8 Å². The van der Waals surface area contributed by atoms with Gasteiger partial charge in [0.2, 0.25) is 5.88 Å². The van der Waals surface area contributed by atoms with Gasteiger partial charge in [-0.3, -0.25) is 19.4 Å². The van der Waals surface area contributed by atoms with Crippen molar-refractivity contribution in [2.24, 2.45) is 7.05 Å². The number of nitrogens with one attached hydrogen (secondary N) is 2. The number of aromatic amines is 1. The molecular weight excluding hydrogens is 444 g/mol. The van der Waals surface area contributed by atoms with Gasteiger partial charge in [0, 0.05) is 49.9 Å². The highest BCUT2D eigenvalue weighted by Crippen LogP contribution is 2.31. The van der Waals surface area contributed by atoms with E-state index in [0.29, 0.717) is 25.6 Å². The van der Waals surface area contributed by atoms with Crippen molar-refractivity contribution in [1.82, 2.24) is 40.0 Å². The molecule has 182 valence electrons. The predicted molar refractivity (Wildman–Crippen MR) is 134 cm³/mol. The number of aromatic nitrogens is 6. The summed E-state index contributed by atoms with van der Waals surface area (Å²) in [5.74, 6) is 0.576. The number of nitrogens with zero attached hydrogens (tertiary/aromatic N) is 6. The molecule has 3 N–H and O–H groups in total. The first kappa shape index (κ1) is 22.0. The number of aliphatic hydroxyl groups is 1. The van der Waals surface area contributed by atoms with Crippen LogP contribution in [0.3, 0.4) is 0 Å². The second kappa shape index (κ2) is 8.63. The van der Waals surface area contributed by atoms with Gasteiger partial charge >= 0.3 is 0 Å². The third kappa shape index (κ3) is 3.83. The summed E-state index contributed by atoms with van der Waals surface area (Å²) in [5, 5.41) is 31.7. The van der Waals surface area contributed by atoms with Gasteiger partial charge < -0.3 is 15.2 Å². The lowest BCUT2D eigenvalue weighted by molar-refractivity contribution is 0.142. The van der Waals surface area contributed by atoms with Crippen LogP contribution in [0.25, 0.3) is 34.2 Å². The molecule has 0 radical (unpaired) electrons. The van der Waals surface area contributed by atoms with Crippen LogP contribution in [0, 0.1) is 6.92 Å². The van der Waals surface area contributed by atoms with Crippen molar-refractivity contribution in [1.29, 1.82) is 0 Å². The molecule has 10 nitrogen and oxygen atoms in total. The van der Waals surface area contributed by atoms with Gasteiger partial charge in [0.25, 0.3) is 0 Å². The van der Waals surface area contributed by atoms with E-state index in [1.807, 2.05) is 47.8 Å². The number of ether oxygens (including phenoxy) is 1. The van der Waals surface area contributed by atoms with E-state index in [1.54, 1.807) is 0 Å². The third-order valence-electron chi connectivity index (χ3n) is 7.13. The van der Waals surface area contributed by atoms with Crippen molar-refractivity contribution >= 4 is 23.1 Å². The number of likely N-dealkylation sites (N-methyl/N-ethyl adjacent to an activating group) is 1. The number of hydrogen-bond donors (Lipinski definition) is 3. The van der Waals surface area contributed by atoms with Crippen molar-refractivity contribution in [3.63, 3.8) is 0 Å². The average molecular weight is 475 g/mol. The van der Waals surface area contributed by atoms with E-state index in [-0.39, 0.29) is 6.04 Å². The first-order valence-corrected chi connectivity index (χ1v) is 12.0. The zero-order valence-electron chi connectivity index (χ0n) is 20.2. The summed E-state index contributed by atoms with van der Waals surface area (Å²) < 4.78 is 10.1. The lowest BCUT2D eigenvalue weighted by Gasteiger charge is -2.18. The predicted octanol–water partition coefficient (Wildman–Crippen LogP) is 1.97. The summed E-state index contributed by atoms with van der Waals surface area (Å²) in [5.41, 5.74) is 7.07. The van der Waals surface area contributed by atoms with Crippen LogP contribution in [0.15, 0.2) is 24.4 Å². The summed E-state index contributed by atoms with van der Waals surface area (Å²) >= 11 is 0. The molecule has 1 aromatic carbocycles. The Morgan fingerprint density at radius 3 is 2.89 bits per heavy atom. The van der Waals surface area contributed by atoms with Crippen LogP contribution in [0.2, 0.25) is 0 Å². The van der Waals surface area contributed by atoms with Crippen molar-refractivity contribution in [3.8, 4) is 17.0 Å². The zero-order chi connectivity index (χ0) is 24.1. The minimum atomic E-state index is -0.481. The van der Waals surface area contributed by atoms with Crippen molar-refractivity contribution < 1.29 is 9.84 Å². The summed E-state index contributed by atoms with van der Waals surface area (Å²) in [6, 6.07) is 6.20.